The third-order valence-electron chi connectivity index (χ3n) is 2.92. The molecular weight excluding hydrogens is 252 g/mol. The fourth-order valence-corrected chi connectivity index (χ4v) is 3.18. The lowest BCUT2D eigenvalue weighted by molar-refractivity contribution is 0.0408. The van der Waals surface area contributed by atoms with E-state index in [-0.39, 0.29) is 11.5 Å². The Kier molecular flexibility index (Phi) is 4.68. The van der Waals surface area contributed by atoms with Gasteiger partial charge in [-0.1, -0.05) is 6.07 Å². The molecule has 5 nitrogen and oxygen atoms in total. The van der Waals surface area contributed by atoms with E-state index < -0.39 is 9.84 Å². The quantitative estimate of drug-likeness (QED) is 0.771. The molecule has 0 atom stereocenters. The summed E-state index contributed by atoms with van der Waals surface area (Å²) in [5, 5.41) is 0. The first-order valence-electron chi connectivity index (χ1n) is 6.06. The summed E-state index contributed by atoms with van der Waals surface area (Å²) in [6, 6.07) is 5.33. The van der Waals surface area contributed by atoms with Gasteiger partial charge in [-0.3, -0.25) is 9.88 Å². The molecule has 1 aliphatic rings. The van der Waals surface area contributed by atoms with Gasteiger partial charge >= 0.3 is 0 Å². The second-order valence-corrected chi connectivity index (χ2v) is 6.55. The van der Waals surface area contributed by atoms with Crippen LogP contribution in [0.25, 0.3) is 0 Å². The molecular formula is C12H18N2O3S. The van der Waals surface area contributed by atoms with Crippen LogP contribution in [0.2, 0.25) is 0 Å². The van der Waals surface area contributed by atoms with Gasteiger partial charge in [-0.05, 0) is 12.1 Å². The zero-order chi connectivity index (χ0) is 12.8. The minimum atomic E-state index is -3.08. The van der Waals surface area contributed by atoms with Crippen LogP contribution in [-0.4, -0.2) is 56.9 Å². The summed E-state index contributed by atoms with van der Waals surface area (Å²) < 4.78 is 29.1. The third-order valence-corrected chi connectivity index (χ3v) is 4.46. The third kappa shape index (κ3) is 4.36. The fourth-order valence-electron chi connectivity index (χ4n) is 1.87. The molecule has 0 aromatic carbocycles. The Hall–Kier alpha value is -0.980. The van der Waals surface area contributed by atoms with Crippen molar-refractivity contribution in [3.05, 3.63) is 30.1 Å². The molecule has 0 N–H and O–H groups in total. The minimum absolute atomic E-state index is 0.0260. The van der Waals surface area contributed by atoms with Gasteiger partial charge in [0.1, 0.15) is 0 Å². The first kappa shape index (κ1) is 13.5. The van der Waals surface area contributed by atoms with Crippen molar-refractivity contribution in [1.29, 1.82) is 0 Å². The Morgan fingerprint density at radius 2 is 2.06 bits per heavy atom. The maximum Gasteiger partial charge on any atom is 0.157 e. The Morgan fingerprint density at radius 3 is 2.72 bits per heavy atom. The van der Waals surface area contributed by atoms with Crippen LogP contribution in [-0.2, 0) is 20.3 Å². The number of aromatic nitrogens is 1. The monoisotopic (exact) mass is 270 g/mol. The average Bonchev–Trinajstić information content (AvgIpc) is 2.38. The van der Waals surface area contributed by atoms with Crippen LogP contribution < -0.4 is 0 Å². The van der Waals surface area contributed by atoms with Crippen molar-refractivity contribution in [3.8, 4) is 0 Å². The number of hydrogen-bond donors (Lipinski definition) is 0. The molecule has 0 saturated carbocycles. The second-order valence-electron chi connectivity index (χ2n) is 4.37. The van der Waals surface area contributed by atoms with Gasteiger partial charge in [-0.15, -0.1) is 0 Å². The number of nitrogens with zero attached hydrogens (tertiary/aromatic N) is 2. The molecule has 1 fully saturated rings. The molecule has 0 bridgehead atoms. The van der Waals surface area contributed by atoms with Gasteiger partial charge in [0.15, 0.2) is 9.84 Å². The highest BCUT2D eigenvalue weighted by Crippen LogP contribution is 2.05. The van der Waals surface area contributed by atoms with Crippen molar-refractivity contribution in [2.24, 2.45) is 0 Å². The molecule has 100 valence electrons. The number of morpholine rings is 1. The lowest BCUT2D eigenvalue weighted by Crippen LogP contribution is -2.39. The molecule has 1 saturated heterocycles. The zero-order valence-electron chi connectivity index (χ0n) is 10.3. The lowest BCUT2D eigenvalue weighted by Gasteiger charge is -2.26. The minimum Gasteiger partial charge on any atom is -0.379 e. The highest BCUT2D eigenvalue weighted by atomic mass is 32.2. The van der Waals surface area contributed by atoms with Crippen molar-refractivity contribution >= 4 is 9.84 Å². The van der Waals surface area contributed by atoms with Crippen molar-refractivity contribution < 1.29 is 13.2 Å². The van der Waals surface area contributed by atoms with Crippen LogP contribution in [0, 0.1) is 0 Å². The van der Waals surface area contributed by atoms with Crippen LogP contribution >= 0.6 is 0 Å². The highest BCUT2D eigenvalue weighted by molar-refractivity contribution is 7.90. The van der Waals surface area contributed by atoms with E-state index >= 15 is 0 Å². The number of ether oxygens (including phenoxy) is 1. The number of hydrogen-bond acceptors (Lipinski definition) is 5. The molecule has 0 spiro atoms. The van der Waals surface area contributed by atoms with E-state index in [0.29, 0.717) is 25.5 Å². The highest BCUT2D eigenvalue weighted by Gasteiger charge is 2.16. The van der Waals surface area contributed by atoms with Crippen LogP contribution in [0.3, 0.4) is 0 Å². The van der Waals surface area contributed by atoms with Crippen LogP contribution in [0.15, 0.2) is 24.4 Å². The maximum atomic E-state index is 11.9. The largest absolute Gasteiger partial charge is 0.379 e. The summed E-state index contributed by atoms with van der Waals surface area (Å²) in [4.78, 5) is 6.17. The standard InChI is InChI=1S/C12H18N2O3S/c15-18(16,11-12-3-1-2-4-13-12)10-7-14-5-8-17-9-6-14/h1-4H,5-11H2. The molecule has 0 unspecified atom stereocenters. The van der Waals surface area contributed by atoms with E-state index in [1.54, 1.807) is 24.4 Å². The smallest absolute Gasteiger partial charge is 0.157 e. The number of pyridine rings is 1. The fraction of sp³-hybridized carbons (Fsp3) is 0.583. The van der Waals surface area contributed by atoms with Crippen LogP contribution in [0.1, 0.15) is 5.69 Å². The normalized spacial score (nSPS) is 17.8. The second kappa shape index (κ2) is 6.26. The SMILES string of the molecule is O=S(=O)(CCN1CCOCC1)Cc1ccccn1. The van der Waals surface area contributed by atoms with E-state index in [0.717, 1.165) is 13.1 Å². The van der Waals surface area contributed by atoms with E-state index in [2.05, 4.69) is 9.88 Å². The van der Waals surface area contributed by atoms with Crippen molar-refractivity contribution in [1.82, 2.24) is 9.88 Å². The van der Waals surface area contributed by atoms with Gasteiger partial charge < -0.3 is 4.74 Å². The van der Waals surface area contributed by atoms with E-state index in [1.165, 1.54) is 0 Å². The number of rotatable bonds is 5. The van der Waals surface area contributed by atoms with Crippen molar-refractivity contribution in [2.45, 2.75) is 5.75 Å². The van der Waals surface area contributed by atoms with Gasteiger partial charge in [0.05, 0.1) is 30.4 Å². The molecule has 18 heavy (non-hydrogen) atoms. The lowest BCUT2D eigenvalue weighted by atomic mass is 10.4. The van der Waals surface area contributed by atoms with Gasteiger partial charge in [-0.2, -0.15) is 0 Å². The Labute approximate surface area is 108 Å². The summed E-state index contributed by atoms with van der Waals surface area (Å²) in [6.07, 6.45) is 1.62. The first-order valence-corrected chi connectivity index (χ1v) is 7.88. The Bertz CT molecular complexity index is 455. The van der Waals surface area contributed by atoms with Crippen molar-refractivity contribution in [3.63, 3.8) is 0 Å². The van der Waals surface area contributed by atoms with Gasteiger partial charge in [0, 0.05) is 25.8 Å². The number of sulfone groups is 1. The topological polar surface area (TPSA) is 59.5 Å². The molecule has 2 heterocycles. The van der Waals surface area contributed by atoms with Crippen LogP contribution in [0.4, 0.5) is 0 Å². The van der Waals surface area contributed by atoms with E-state index in [4.69, 9.17) is 4.74 Å². The summed E-state index contributed by atoms with van der Waals surface area (Å²) in [7, 11) is -3.08. The van der Waals surface area contributed by atoms with E-state index in [1.807, 2.05) is 0 Å². The molecule has 0 aliphatic carbocycles. The maximum absolute atomic E-state index is 11.9. The molecule has 2 rings (SSSR count). The van der Waals surface area contributed by atoms with Crippen molar-refractivity contribution in [2.75, 3.05) is 38.6 Å². The van der Waals surface area contributed by atoms with Gasteiger partial charge in [-0.25, -0.2) is 8.42 Å². The summed E-state index contributed by atoms with van der Waals surface area (Å²) in [6.45, 7) is 3.61. The molecule has 1 aromatic heterocycles. The first-order chi connectivity index (χ1) is 8.66. The summed E-state index contributed by atoms with van der Waals surface area (Å²) >= 11 is 0. The van der Waals surface area contributed by atoms with Gasteiger partial charge in [0.25, 0.3) is 0 Å². The van der Waals surface area contributed by atoms with Gasteiger partial charge in [0.2, 0.25) is 0 Å². The Morgan fingerprint density at radius 1 is 1.28 bits per heavy atom. The zero-order valence-corrected chi connectivity index (χ0v) is 11.1. The Balaban J connectivity index is 1.83. The predicted octanol–water partition coefficient (Wildman–Crippen LogP) is 0.329. The molecule has 6 heteroatoms. The van der Waals surface area contributed by atoms with E-state index in [9.17, 15) is 8.42 Å². The predicted molar refractivity (Wildman–Crippen MR) is 69.0 cm³/mol. The molecule has 1 aromatic rings. The molecule has 0 radical (unpaired) electrons. The summed E-state index contributed by atoms with van der Waals surface area (Å²) in [5.74, 6) is 0.210. The average molecular weight is 270 g/mol. The summed E-state index contributed by atoms with van der Waals surface area (Å²) in [5.41, 5.74) is 0.611. The molecule has 0 amide bonds. The molecule has 1 aliphatic heterocycles. The van der Waals surface area contributed by atoms with Crippen LogP contribution in [0.5, 0.6) is 0 Å².